The van der Waals surface area contributed by atoms with Gasteiger partial charge in [0.25, 0.3) is 5.91 Å². The number of aliphatic carboxylic acids is 1. The van der Waals surface area contributed by atoms with Crippen LogP contribution in [0.5, 0.6) is 0 Å². The number of thioether (sulfide) groups is 1. The molecule has 0 radical (unpaired) electrons. The molecule has 1 heterocycles. The molecule has 1 N–H and O–H groups in total. The molecule has 23 heavy (non-hydrogen) atoms. The van der Waals surface area contributed by atoms with Crippen molar-refractivity contribution >= 4 is 29.5 Å². The lowest BCUT2D eigenvalue weighted by Crippen LogP contribution is -2.50. The second-order valence-electron chi connectivity index (χ2n) is 5.39. The molecule has 2 rings (SSSR count). The Hall–Kier alpha value is -2.02. The fourth-order valence-electron chi connectivity index (χ4n) is 2.38. The van der Waals surface area contributed by atoms with Crippen LogP contribution in [0.4, 0.5) is 0 Å². The van der Waals surface area contributed by atoms with Crippen molar-refractivity contribution < 1.29 is 19.5 Å². The number of hydrogen-bond donors (Lipinski definition) is 1. The lowest BCUT2D eigenvalue weighted by Gasteiger charge is -2.34. The summed E-state index contributed by atoms with van der Waals surface area (Å²) in [7, 11) is 0. The van der Waals surface area contributed by atoms with Crippen LogP contribution < -0.4 is 0 Å². The summed E-state index contributed by atoms with van der Waals surface area (Å²) < 4.78 is 0. The number of benzene rings is 1. The average molecular weight is 336 g/mol. The van der Waals surface area contributed by atoms with E-state index in [0.717, 1.165) is 11.8 Å². The summed E-state index contributed by atoms with van der Waals surface area (Å²) in [6, 6.07) is 7.05. The van der Waals surface area contributed by atoms with Gasteiger partial charge in [-0.05, 0) is 19.1 Å². The van der Waals surface area contributed by atoms with E-state index < -0.39 is 11.2 Å². The molecule has 0 saturated carbocycles. The second kappa shape index (κ2) is 7.50. The van der Waals surface area contributed by atoms with Crippen molar-refractivity contribution in [1.29, 1.82) is 0 Å². The Morgan fingerprint density at radius 1 is 1.09 bits per heavy atom. The molecule has 0 aliphatic carbocycles. The number of hydrogen-bond acceptors (Lipinski definition) is 4. The second-order valence-corrected chi connectivity index (χ2v) is 6.78. The number of carboxylic acid groups (broad SMARTS) is 1. The van der Waals surface area contributed by atoms with Crippen molar-refractivity contribution in [2.45, 2.75) is 24.0 Å². The van der Waals surface area contributed by atoms with Crippen LogP contribution in [0.15, 0.2) is 29.2 Å². The third-order valence-corrected chi connectivity index (χ3v) is 4.95. The fraction of sp³-hybridized carbons (Fsp3) is 0.438. The maximum atomic E-state index is 12.7. The van der Waals surface area contributed by atoms with Crippen LogP contribution in [-0.2, 0) is 9.59 Å². The number of amides is 2. The normalized spacial score (nSPS) is 16.1. The first-order valence-corrected chi connectivity index (χ1v) is 8.31. The zero-order chi connectivity index (χ0) is 17.0. The number of piperazine rings is 1. The standard InChI is InChI=1S/C16H20N2O4S/c1-11(16(21)22)23-14-6-4-3-5-13(14)15(20)18-9-7-17(8-10-18)12(2)19/h3-6,11H,7-10H2,1-2H3,(H,21,22). The van der Waals surface area contributed by atoms with Crippen LogP contribution in [0.25, 0.3) is 0 Å². The molecular weight excluding hydrogens is 316 g/mol. The number of carbonyl (C=O) groups is 3. The number of rotatable bonds is 4. The Balaban J connectivity index is 2.11. The molecule has 0 aromatic heterocycles. The molecular formula is C16H20N2O4S. The summed E-state index contributed by atoms with van der Waals surface area (Å²) in [5.41, 5.74) is 0.516. The van der Waals surface area contributed by atoms with E-state index in [0.29, 0.717) is 36.6 Å². The van der Waals surface area contributed by atoms with E-state index in [4.69, 9.17) is 5.11 Å². The summed E-state index contributed by atoms with van der Waals surface area (Å²) in [5.74, 6) is -1.01. The van der Waals surface area contributed by atoms with E-state index in [-0.39, 0.29) is 11.8 Å². The molecule has 1 atom stereocenters. The molecule has 7 heteroatoms. The Morgan fingerprint density at radius 2 is 1.65 bits per heavy atom. The highest BCUT2D eigenvalue weighted by Crippen LogP contribution is 2.28. The van der Waals surface area contributed by atoms with Gasteiger partial charge in [0, 0.05) is 38.0 Å². The quantitative estimate of drug-likeness (QED) is 0.844. The summed E-state index contributed by atoms with van der Waals surface area (Å²) in [5, 5.41) is 8.42. The van der Waals surface area contributed by atoms with Gasteiger partial charge in [-0.15, -0.1) is 11.8 Å². The predicted octanol–water partition coefficient (Wildman–Crippen LogP) is 1.56. The van der Waals surface area contributed by atoms with Crippen LogP contribution in [0.3, 0.4) is 0 Å². The van der Waals surface area contributed by atoms with Crippen molar-refractivity contribution in [3.63, 3.8) is 0 Å². The largest absolute Gasteiger partial charge is 0.480 e. The summed E-state index contributed by atoms with van der Waals surface area (Å²) in [6.07, 6.45) is 0. The van der Waals surface area contributed by atoms with Gasteiger partial charge < -0.3 is 14.9 Å². The van der Waals surface area contributed by atoms with Gasteiger partial charge in [0.15, 0.2) is 0 Å². The molecule has 2 amide bonds. The monoisotopic (exact) mass is 336 g/mol. The van der Waals surface area contributed by atoms with Gasteiger partial charge in [0.1, 0.15) is 5.25 Å². The number of nitrogens with zero attached hydrogens (tertiary/aromatic N) is 2. The van der Waals surface area contributed by atoms with Crippen LogP contribution in [-0.4, -0.2) is 64.1 Å². The highest BCUT2D eigenvalue weighted by molar-refractivity contribution is 8.00. The first-order chi connectivity index (χ1) is 10.9. The molecule has 124 valence electrons. The maximum Gasteiger partial charge on any atom is 0.316 e. The summed E-state index contributed by atoms with van der Waals surface area (Å²) in [6.45, 7) is 5.16. The molecule has 1 aliphatic rings. The molecule has 1 aromatic rings. The molecule has 6 nitrogen and oxygen atoms in total. The maximum absolute atomic E-state index is 12.7. The van der Waals surface area contributed by atoms with E-state index in [9.17, 15) is 14.4 Å². The van der Waals surface area contributed by atoms with Crippen molar-refractivity contribution in [2.75, 3.05) is 26.2 Å². The molecule has 1 fully saturated rings. The van der Waals surface area contributed by atoms with Crippen LogP contribution in [0.2, 0.25) is 0 Å². The van der Waals surface area contributed by atoms with Crippen molar-refractivity contribution in [3.8, 4) is 0 Å². The molecule has 0 bridgehead atoms. The Kier molecular flexibility index (Phi) is 5.65. The zero-order valence-corrected chi connectivity index (χ0v) is 14.0. The minimum atomic E-state index is -0.910. The van der Waals surface area contributed by atoms with E-state index in [1.807, 2.05) is 0 Å². The predicted molar refractivity (Wildman–Crippen MR) is 87.6 cm³/mol. The van der Waals surface area contributed by atoms with Crippen LogP contribution in [0.1, 0.15) is 24.2 Å². The van der Waals surface area contributed by atoms with Crippen molar-refractivity contribution in [1.82, 2.24) is 9.80 Å². The van der Waals surface area contributed by atoms with Gasteiger partial charge in [0.2, 0.25) is 5.91 Å². The van der Waals surface area contributed by atoms with Gasteiger partial charge in [-0.1, -0.05) is 12.1 Å². The lowest BCUT2D eigenvalue weighted by molar-refractivity contribution is -0.136. The first-order valence-electron chi connectivity index (χ1n) is 7.43. The van der Waals surface area contributed by atoms with Gasteiger partial charge >= 0.3 is 5.97 Å². The average Bonchev–Trinajstić information content (AvgIpc) is 2.54. The van der Waals surface area contributed by atoms with E-state index in [1.165, 1.54) is 6.92 Å². The number of carboxylic acids is 1. The van der Waals surface area contributed by atoms with E-state index in [2.05, 4.69) is 0 Å². The minimum absolute atomic E-state index is 0.0170. The molecule has 1 unspecified atom stereocenters. The zero-order valence-electron chi connectivity index (χ0n) is 13.2. The third kappa shape index (κ3) is 4.25. The van der Waals surface area contributed by atoms with Gasteiger partial charge in [-0.3, -0.25) is 14.4 Å². The highest BCUT2D eigenvalue weighted by Gasteiger charge is 2.25. The minimum Gasteiger partial charge on any atom is -0.480 e. The van der Waals surface area contributed by atoms with Crippen LogP contribution >= 0.6 is 11.8 Å². The topological polar surface area (TPSA) is 77.9 Å². The Bertz CT molecular complexity index is 612. The Morgan fingerprint density at radius 3 is 2.22 bits per heavy atom. The number of carbonyl (C=O) groups excluding carboxylic acids is 2. The molecule has 1 aliphatic heterocycles. The van der Waals surface area contributed by atoms with Gasteiger partial charge in [-0.25, -0.2) is 0 Å². The van der Waals surface area contributed by atoms with Gasteiger partial charge in [-0.2, -0.15) is 0 Å². The van der Waals surface area contributed by atoms with Crippen LogP contribution in [0, 0.1) is 0 Å². The highest BCUT2D eigenvalue weighted by atomic mass is 32.2. The Labute approximate surface area is 139 Å². The SMILES string of the molecule is CC(=O)N1CCN(C(=O)c2ccccc2SC(C)C(=O)O)CC1. The molecule has 1 aromatic carbocycles. The smallest absolute Gasteiger partial charge is 0.316 e. The molecule has 0 spiro atoms. The summed E-state index contributed by atoms with van der Waals surface area (Å²) in [4.78, 5) is 39.2. The van der Waals surface area contributed by atoms with E-state index in [1.54, 1.807) is 41.0 Å². The van der Waals surface area contributed by atoms with Crippen molar-refractivity contribution in [2.24, 2.45) is 0 Å². The summed E-state index contributed by atoms with van der Waals surface area (Å²) >= 11 is 1.16. The fourth-order valence-corrected chi connectivity index (χ4v) is 3.30. The third-order valence-electron chi connectivity index (χ3n) is 3.78. The lowest BCUT2D eigenvalue weighted by atomic mass is 10.2. The van der Waals surface area contributed by atoms with Crippen molar-refractivity contribution in [3.05, 3.63) is 29.8 Å². The van der Waals surface area contributed by atoms with E-state index >= 15 is 0 Å². The van der Waals surface area contributed by atoms with Gasteiger partial charge in [0.05, 0.1) is 5.56 Å². The molecule has 1 saturated heterocycles. The first kappa shape index (κ1) is 17.3.